The van der Waals surface area contributed by atoms with Crippen molar-refractivity contribution in [3.63, 3.8) is 0 Å². The third-order valence-electron chi connectivity index (χ3n) is 7.81. The van der Waals surface area contributed by atoms with E-state index in [0.717, 1.165) is 12.6 Å². The van der Waals surface area contributed by atoms with Crippen LogP contribution in [0.2, 0.25) is 0 Å². The molecule has 4 rings (SSSR count). The minimum atomic E-state index is -1.87. The minimum Gasteiger partial charge on any atom is -1.00 e. The first kappa shape index (κ1) is 28.3. The monoisotopic (exact) mass is 560 g/mol. The average molecular weight is 562 g/mol. The van der Waals surface area contributed by atoms with E-state index in [9.17, 15) is 4.79 Å². The number of rotatable bonds is 7. The lowest BCUT2D eigenvalue weighted by Crippen LogP contribution is -3.00. The van der Waals surface area contributed by atoms with Crippen molar-refractivity contribution in [2.45, 2.75) is 40.5 Å². The summed E-state index contributed by atoms with van der Waals surface area (Å²) in [5, 5.41) is 4.20. The molecule has 3 aromatic rings. The molecule has 1 aliphatic rings. The van der Waals surface area contributed by atoms with Crippen molar-refractivity contribution in [2.75, 3.05) is 6.16 Å². The number of Topliss-reactive ketones (excluding diaryl/α,β-unsaturated/α-hetero) is 1. The van der Waals surface area contributed by atoms with Crippen LogP contribution < -0.4 is 32.9 Å². The molecule has 0 aliphatic heterocycles. The number of halogens is 1. The summed E-state index contributed by atoms with van der Waals surface area (Å²) in [4.78, 5) is 12.4. The molecule has 0 N–H and O–H groups in total. The number of hydrogen-bond acceptors (Lipinski definition) is 1. The van der Waals surface area contributed by atoms with Crippen LogP contribution in [0.1, 0.15) is 40.5 Å². The van der Waals surface area contributed by atoms with Crippen molar-refractivity contribution in [2.24, 2.45) is 17.3 Å². The van der Waals surface area contributed by atoms with Gasteiger partial charge in [0.1, 0.15) is 29.0 Å². The van der Waals surface area contributed by atoms with Gasteiger partial charge < -0.3 is 17.0 Å². The number of carbonyl (C=O) groups excluding carboxylic acids is 1. The molecular weight excluding hydrogens is 523 g/mol. The maximum atomic E-state index is 12.4. The van der Waals surface area contributed by atoms with Crippen molar-refractivity contribution < 1.29 is 21.8 Å². The number of benzene rings is 3. The molecule has 188 valence electrons. The largest absolute Gasteiger partial charge is 1.00 e. The molecule has 1 nitrogen and oxygen atoms in total. The van der Waals surface area contributed by atoms with Crippen LogP contribution in [0.3, 0.4) is 0 Å². The third-order valence-corrected chi connectivity index (χ3v) is 12.1. The number of allylic oxidation sites excluding steroid dienone is 4. The van der Waals surface area contributed by atoms with Crippen LogP contribution in [0.5, 0.6) is 0 Å². The van der Waals surface area contributed by atoms with E-state index in [4.69, 9.17) is 0 Å². The molecule has 0 bridgehead atoms. The van der Waals surface area contributed by atoms with Gasteiger partial charge >= 0.3 is 0 Å². The van der Waals surface area contributed by atoms with Crippen LogP contribution in [0.25, 0.3) is 0 Å². The zero-order valence-corrected chi connectivity index (χ0v) is 24.4. The fourth-order valence-electron chi connectivity index (χ4n) is 5.56. The Morgan fingerprint density at radius 1 is 0.861 bits per heavy atom. The highest BCUT2D eigenvalue weighted by molar-refractivity contribution is 7.95. The van der Waals surface area contributed by atoms with Gasteiger partial charge in [0.2, 0.25) is 0 Å². The highest BCUT2D eigenvalue weighted by Gasteiger charge is 2.44. The fraction of sp³-hybridized carbons (Fsp3) is 0.303. The molecule has 3 heteroatoms. The van der Waals surface area contributed by atoms with E-state index in [1.54, 1.807) is 0 Å². The Labute approximate surface area is 228 Å². The van der Waals surface area contributed by atoms with Gasteiger partial charge in [-0.05, 0) is 67.2 Å². The smallest absolute Gasteiger partial charge is 0.136 e. The summed E-state index contributed by atoms with van der Waals surface area (Å²) in [6.45, 7) is 8.92. The van der Waals surface area contributed by atoms with E-state index in [-0.39, 0.29) is 34.2 Å². The van der Waals surface area contributed by atoms with Gasteiger partial charge in [0.15, 0.2) is 0 Å². The average Bonchev–Trinajstić information content (AvgIpc) is 2.89. The first-order valence-electron chi connectivity index (χ1n) is 12.8. The van der Waals surface area contributed by atoms with Crippen molar-refractivity contribution in [1.82, 2.24) is 0 Å². The molecule has 0 heterocycles. The lowest BCUT2D eigenvalue weighted by atomic mass is 9.63. The maximum Gasteiger partial charge on any atom is 0.136 e. The van der Waals surface area contributed by atoms with Gasteiger partial charge in [0, 0.05) is 12.3 Å². The summed E-state index contributed by atoms with van der Waals surface area (Å²) in [5.74, 6) is 0.777. The SMILES string of the molecule is CC(C=CC1C(C)C(=O)CCC1(C)C)=CC[P+](c1ccccc1)(c1ccccc1)c1ccccc1.[Br-]. The number of carbonyl (C=O) groups is 1. The summed E-state index contributed by atoms with van der Waals surface area (Å²) >= 11 is 0. The predicted molar refractivity (Wildman–Crippen MR) is 154 cm³/mol. The molecule has 0 spiro atoms. The lowest BCUT2D eigenvalue weighted by Gasteiger charge is -2.40. The predicted octanol–water partition coefficient (Wildman–Crippen LogP) is 4.13. The zero-order valence-electron chi connectivity index (χ0n) is 21.9. The molecule has 0 radical (unpaired) electrons. The molecule has 1 aliphatic carbocycles. The highest BCUT2D eigenvalue weighted by atomic mass is 79.9. The molecule has 36 heavy (non-hydrogen) atoms. The lowest BCUT2D eigenvalue weighted by molar-refractivity contribution is -0.128. The van der Waals surface area contributed by atoms with Crippen molar-refractivity contribution >= 4 is 29.0 Å². The Bertz CT molecular complexity index is 1090. The number of hydrogen-bond donors (Lipinski definition) is 0. The van der Waals surface area contributed by atoms with Crippen molar-refractivity contribution in [1.29, 1.82) is 0 Å². The van der Waals surface area contributed by atoms with E-state index < -0.39 is 7.26 Å². The standard InChI is InChI=1S/C33H38OP.BrH/c1-26(20-21-31-27(2)32(34)22-24-33(31,3)4)23-25-35(28-14-8-5-9-15-28,29-16-10-6-11-17-29)30-18-12-7-13-19-30;/h5-21,23,27,31H,22,24-25H2,1-4H3;1H/q+1;/p-1. The Balaban J connectivity index is 0.00000361. The summed E-state index contributed by atoms with van der Waals surface area (Å²) < 4.78 is 0. The molecule has 0 amide bonds. The van der Waals surface area contributed by atoms with Crippen LogP contribution in [0, 0.1) is 17.3 Å². The topological polar surface area (TPSA) is 17.1 Å². The quantitative estimate of drug-likeness (QED) is 0.313. The second kappa shape index (κ2) is 12.3. The van der Waals surface area contributed by atoms with Gasteiger partial charge in [-0.15, -0.1) is 0 Å². The van der Waals surface area contributed by atoms with Crippen LogP contribution >= 0.6 is 7.26 Å². The Kier molecular flexibility index (Phi) is 9.67. The van der Waals surface area contributed by atoms with E-state index in [2.05, 4.69) is 137 Å². The molecule has 3 aromatic carbocycles. The summed E-state index contributed by atoms with van der Waals surface area (Å²) in [6, 6.07) is 33.1. The third kappa shape index (κ3) is 5.99. The summed E-state index contributed by atoms with van der Waals surface area (Å²) in [6.07, 6.45) is 9.63. The minimum absolute atomic E-state index is 0. The molecule has 1 fully saturated rings. The molecule has 0 saturated heterocycles. The maximum absolute atomic E-state index is 12.4. The molecule has 0 aromatic heterocycles. The highest BCUT2D eigenvalue weighted by Crippen LogP contribution is 2.55. The van der Waals surface area contributed by atoms with Gasteiger partial charge in [-0.3, -0.25) is 4.79 Å². The van der Waals surface area contributed by atoms with Gasteiger partial charge in [0.05, 0.1) is 6.16 Å². The van der Waals surface area contributed by atoms with Gasteiger partial charge in [-0.25, -0.2) is 0 Å². The number of ketones is 1. The summed E-state index contributed by atoms with van der Waals surface area (Å²) in [7, 11) is -1.87. The van der Waals surface area contributed by atoms with E-state index >= 15 is 0 Å². The Morgan fingerprint density at radius 2 is 1.31 bits per heavy atom. The second-order valence-corrected chi connectivity index (χ2v) is 14.1. The van der Waals surface area contributed by atoms with Gasteiger partial charge in [0.25, 0.3) is 0 Å². The first-order valence-corrected chi connectivity index (χ1v) is 14.7. The van der Waals surface area contributed by atoms with Crippen LogP contribution in [-0.4, -0.2) is 11.9 Å². The van der Waals surface area contributed by atoms with Crippen molar-refractivity contribution in [3.05, 3.63) is 115 Å². The Morgan fingerprint density at radius 3 is 1.75 bits per heavy atom. The van der Waals surface area contributed by atoms with Crippen LogP contribution in [0.4, 0.5) is 0 Å². The summed E-state index contributed by atoms with van der Waals surface area (Å²) in [5.41, 5.74) is 1.41. The van der Waals surface area contributed by atoms with E-state index in [1.807, 2.05) is 0 Å². The molecule has 2 atom stereocenters. The van der Waals surface area contributed by atoms with Crippen molar-refractivity contribution in [3.8, 4) is 0 Å². The fourth-order valence-corrected chi connectivity index (χ4v) is 9.69. The molecule has 1 saturated carbocycles. The first-order chi connectivity index (χ1) is 16.8. The second-order valence-electron chi connectivity index (χ2n) is 10.6. The molecule has 2 unspecified atom stereocenters. The zero-order chi connectivity index (χ0) is 24.9. The molecular formula is C33H38BrOP. The van der Waals surface area contributed by atoms with E-state index in [0.29, 0.717) is 12.2 Å². The van der Waals surface area contributed by atoms with Gasteiger partial charge in [-0.2, -0.15) is 0 Å². The van der Waals surface area contributed by atoms with Crippen LogP contribution in [0.15, 0.2) is 115 Å². The van der Waals surface area contributed by atoms with Gasteiger partial charge in [-0.1, -0.05) is 93.1 Å². The Hall–Kier alpha value is -2.28. The van der Waals surface area contributed by atoms with Crippen LogP contribution in [-0.2, 0) is 4.79 Å². The van der Waals surface area contributed by atoms with E-state index in [1.165, 1.54) is 21.5 Å². The normalized spacial score (nSPS) is 20.2.